The van der Waals surface area contributed by atoms with E-state index in [1.165, 1.54) is 0 Å². The molecule has 0 aromatic heterocycles. The van der Waals surface area contributed by atoms with Crippen molar-refractivity contribution in [1.82, 2.24) is 9.80 Å². The minimum absolute atomic E-state index is 0.0233. The molecule has 21 heavy (non-hydrogen) atoms. The Hall–Kier alpha value is -1.30. The van der Waals surface area contributed by atoms with Gasteiger partial charge >= 0.3 is 6.09 Å². The zero-order valence-corrected chi connectivity index (χ0v) is 13.6. The number of likely N-dealkylation sites (tertiary alicyclic amines) is 1. The van der Waals surface area contributed by atoms with Crippen LogP contribution in [-0.2, 0) is 14.3 Å². The fraction of sp³-hybridized carbons (Fsp3) is 0.867. The molecule has 2 heterocycles. The number of carbonyl (C=O) groups is 2. The third-order valence-corrected chi connectivity index (χ3v) is 4.00. The van der Waals surface area contributed by atoms with Gasteiger partial charge in [0.1, 0.15) is 11.7 Å². The number of piperidine rings is 1. The lowest BCUT2D eigenvalue weighted by Gasteiger charge is -2.48. The van der Waals surface area contributed by atoms with Gasteiger partial charge in [-0.3, -0.25) is 4.79 Å². The van der Waals surface area contributed by atoms with Crippen LogP contribution < -0.4 is 0 Å². The quantitative estimate of drug-likeness (QED) is 0.682. The van der Waals surface area contributed by atoms with Crippen LogP contribution in [0.15, 0.2) is 0 Å². The Morgan fingerprint density at radius 3 is 2.38 bits per heavy atom. The topological polar surface area (TPSA) is 59.1 Å². The van der Waals surface area contributed by atoms with Gasteiger partial charge in [-0.05, 0) is 40.5 Å². The molecule has 6 heteroatoms. The number of nitrogens with zero attached hydrogens (tertiary/aromatic N) is 2. The van der Waals surface area contributed by atoms with Crippen molar-refractivity contribution in [2.45, 2.75) is 57.8 Å². The van der Waals surface area contributed by atoms with Crippen molar-refractivity contribution in [3.63, 3.8) is 0 Å². The molecule has 2 aliphatic rings. The summed E-state index contributed by atoms with van der Waals surface area (Å²) in [7, 11) is 1.81. The van der Waals surface area contributed by atoms with Gasteiger partial charge in [0, 0.05) is 26.7 Å². The number of ether oxygens (including phenoxy) is 2. The average molecular weight is 298 g/mol. The van der Waals surface area contributed by atoms with Crippen LogP contribution in [0.1, 0.15) is 40.5 Å². The number of likely N-dealkylation sites (N-methyl/N-ethyl adjacent to an activating group) is 1. The number of rotatable bonds is 0. The first-order valence-corrected chi connectivity index (χ1v) is 7.53. The molecule has 0 N–H and O–H groups in total. The van der Waals surface area contributed by atoms with Gasteiger partial charge in [0.05, 0.1) is 5.60 Å². The summed E-state index contributed by atoms with van der Waals surface area (Å²) in [6, 6.07) is 0. The SMILES string of the molecule is CC1OC2(CCN(C(=O)OC(C)(C)C)CC2)CN(C)C1=O. The predicted octanol–water partition coefficient (Wildman–Crippen LogP) is 1.63. The van der Waals surface area contributed by atoms with Crippen LogP contribution >= 0.6 is 0 Å². The molecule has 0 aromatic rings. The third kappa shape index (κ3) is 3.67. The van der Waals surface area contributed by atoms with Crippen LogP contribution in [-0.4, -0.2) is 65.8 Å². The van der Waals surface area contributed by atoms with E-state index >= 15 is 0 Å². The lowest BCUT2D eigenvalue weighted by atomic mass is 9.89. The first-order chi connectivity index (χ1) is 9.62. The smallest absolute Gasteiger partial charge is 0.410 e. The van der Waals surface area contributed by atoms with Crippen molar-refractivity contribution in [3.05, 3.63) is 0 Å². The highest BCUT2D eigenvalue weighted by Gasteiger charge is 2.45. The van der Waals surface area contributed by atoms with E-state index in [4.69, 9.17) is 9.47 Å². The van der Waals surface area contributed by atoms with E-state index in [1.807, 2.05) is 27.8 Å². The molecule has 0 bridgehead atoms. The minimum atomic E-state index is -0.477. The molecule has 1 spiro atoms. The lowest BCUT2D eigenvalue weighted by molar-refractivity contribution is -0.186. The normalized spacial score (nSPS) is 26.1. The molecule has 0 radical (unpaired) electrons. The first-order valence-electron chi connectivity index (χ1n) is 7.53. The largest absolute Gasteiger partial charge is 0.444 e. The highest BCUT2D eigenvalue weighted by atomic mass is 16.6. The second-order valence-electron chi connectivity index (χ2n) is 7.10. The number of amides is 2. The van der Waals surface area contributed by atoms with Crippen molar-refractivity contribution in [1.29, 1.82) is 0 Å². The zero-order chi connectivity index (χ0) is 15.8. The summed E-state index contributed by atoms with van der Waals surface area (Å²) >= 11 is 0. The van der Waals surface area contributed by atoms with E-state index in [0.717, 1.165) is 12.8 Å². The summed E-state index contributed by atoms with van der Waals surface area (Å²) in [6.45, 7) is 9.18. The van der Waals surface area contributed by atoms with E-state index in [2.05, 4.69) is 0 Å². The van der Waals surface area contributed by atoms with Crippen LogP contribution in [0.25, 0.3) is 0 Å². The van der Waals surface area contributed by atoms with E-state index < -0.39 is 11.7 Å². The molecule has 1 atom stereocenters. The van der Waals surface area contributed by atoms with Crippen molar-refractivity contribution in [2.24, 2.45) is 0 Å². The van der Waals surface area contributed by atoms with Crippen molar-refractivity contribution >= 4 is 12.0 Å². The Bertz CT molecular complexity index is 406. The molecule has 1 unspecified atom stereocenters. The maximum atomic E-state index is 12.1. The van der Waals surface area contributed by atoms with Gasteiger partial charge in [0.15, 0.2) is 0 Å². The van der Waals surface area contributed by atoms with Gasteiger partial charge in [0.2, 0.25) is 0 Å². The Balaban J connectivity index is 1.94. The summed E-state index contributed by atoms with van der Waals surface area (Å²) in [5.41, 5.74) is -0.796. The van der Waals surface area contributed by atoms with Crippen LogP contribution in [0.5, 0.6) is 0 Å². The molecule has 2 amide bonds. The van der Waals surface area contributed by atoms with Crippen LogP contribution in [0.4, 0.5) is 4.79 Å². The van der Waals surface area contributed by atoms with Gasteiger partial charge in [-0.2, -0.15) is 0 Å². The van der Waals surface area contributed by atoms with Crippen LogP contribution in [0, 0.1) is 0 Å². The van der Waals surface area contributed by atoms with Gasteiger partial charge in [-0.15, -0.1) is 0 Å². The third-order valence-electron chi connectivity index (χ3n) is 4.00. The van der Waals surface area contributed by atoms with E-state index in [9.17, 15) is 9.59 Å². The Labute approximate surface area is 126 Å². The van der Waals surface area contributed by atoms with Gasteiger partial charge in [-0.1, -0.05) is 0 Å². The zero-order valence-electron chi connectivity index (χ0n) is 13.6. The highest BCUT2D eigenvalue weighted by Crippen LogP contribution is 2.32. The summed E-state index contributed by atoms with van der Waals surface area (Å²) in [4.78, 5) is 27.3. The summed E-state index contributed by atoms with van der Waals surface area (Å²) in [5.74, 6) is 0.0233. The molecule has 0 saturated carbocycles. The van der Waals surface area contributed by atoms with Crippen molar-refractivity contribution < 1.29 is 19.1 Å². The number of hydrogen-bond acceptors (Lipinski definition) is 4. The molecule has 0 aromatic carbocycles. The lowest BCUT2D eigenvalue weighted by Crippen LogP contribution is -2.60. The Morgan fingerprint density at radius 1 is 1.33 bits per heavy atom. The average Bonchev–Trinajstić information content (AvgIpc) is 2.34. The number of morpholine rings is 1. The molecule has 6 nitrogen and oxygen atoms in total. The molecule has 2 aliphatic heterocycles. The highest BCUT2D eigenvalue weighted by molar-refractivity contribution is 5.81. The van der Waals surface area contributed by atoms with Crippen LogP contribution in [0.2, 0.25) is 0 Å². The molecule has 2 rings (SSSR count). The summed E-state index contributed by atoms with van der Waals surface area (Å²) in [5, 5.41) is 0. The van der Waals surface area contributed by atoms with Gasteiger partial charge in [-0.25, -0.2) is 4.79 Å². The minimum Gasteiger partial charge on any atom is -0.444 e. The van der Waals surface area contributed by atoms with Crippen molar-refractivity contribution in [2.75, 3.05) is 26.7 Å². The van der Waals surface area contributed by atoms with E-state index in [0.29, 0.717) is 19.6 Å². The van der Waals surface area contributed by atoms with Crippen molar-refractivity contribution in [3.8, 4) is 0 Å². The second kappa shape index (κ2) is 5.48. The monoisotopic (exact) mass is 298 g/mol. The van der Waals surface area contributed by atoms with E-state index in [1.54, 1.807) is 16.7 Å². The maximum Gasteiger partial charge on any atom is 0.410 e. The number of carbonyl (C=O) groups excluding carboxylic acids is 2. The standard InChI is InChI=1S/C15H26N2O4/c1-11-12(18)16(5)10-15(20-11)6-8-17(9-7-15)13(19)21-14(2,3)4/h11H,6-10H2,1-5H3. The Morgan fingerprint density at radius 2 is 1.90 bits per heavy atom. The summed E-state index contributed by atoms with van der Waals surface area (Å²) < 4.78 is 11.4. The first kappa shape index (κ1) is 16.1. The number of hydrogen-bond donors (Lipinski definition) is 0. The fourth-order valence-electron chi connectivity index (χ4n) is 2.98. The maximum absolute atomic E-state index is 12.1. The van der Waals surface area contributed by atoms with Crippen LogP contribution in [0.3, 0.4) is 0 Å². The molecule has 2 saturated heterocycles. The van der Waals surface area contributed by atoms with E-state index in [-0.39, 0.29) is 17.6 Å². The second-order valence-corrected chi connectivity index (χ2v) is 7.10. The molecular weight excluding hydrogens is 272 g/mol. The predicted molar refractivity (Wildman–Crippen MR) is 78.0 cm³/mol. The molecule has 0 aliphatic carbocycles. The molecule has 2 fully saturated rings. The molecular formula is C15H26N2O4. The Kier molecular flexibility index (Phi) is 4.19. The van der Waals surface area contributed by atoms with Gasteiger partial charge < -0.3 is 19.3 Å². The van der Waals surface area contributed by atoms with Gasteiger partial charge in [0.25, 0.3) is 5.91 Å². The molecule has 120 valence electrons. The summed E-state index contributed by atoms with van der Waals surface area (Å²) in [6.07, 6.45) is 0.782. The fourth-order valence-corrected chi connectivity index (χ4v) is 2.98.